The number of anilines is 1. The number of aliphatic hydroxyl groups excluding tert-OH is 1. The second-order valence-corrected chi connectivity index (χ2v) is 6.44. The molecule has 0 spiro atoms. The molecule has 2 fully saturated rings. The Morgan fingerprint density at radius 1 is 1.30 bits per heavy atom. The van der Waals surface area contributed by atoms with Gasteiger partial charge in [-0.2, -0.15) is 0 Å². The molecule has 0 aliphatic carbocycles. The highest BCUT2D eigenvalue weighted by atomic mass is 16.5. The summed E-state index contributed by atoms with van der Waals surface area (Å²) >= 11 is 0. The lowest BCUT2D eigenvalue weighted by Crippen LogP contribution is -2.42. The molecule has 0 saturated carbocycles. The Balaban J connectivity index is 1.61. The number of carbonyl (C=O) groups is 1. The summed E-state index contributed by atoms with van der Waals surface area (Å²) in [6.45, 7) is 2.83. The van der Waals surface area contributed by atoms with Crippen LogP contribution in [-0.2, 0) is 4.74 Å². The van der Waals surface area contributed by atoms with Gasteiger partial charge < -0.3 is 20.1 Å². The maximum absolute atomic E-state index is 12.7. The van der Waals surface area contributed by atoms with E-state index in [1.54, 1.807) is 4.90 Å². The van der Waals surface area contributed by atoms with Crippen molar-refractivity contribution in [2.75, 3.05) is 31.6 Å². The minimum absolute atomic E-state index is 0.00367. The zero-order valence-electron chi connectivity index (χ0n) is 13.5. The summed E-state index contributed by atoms with van der Waals surface area (Å²) in [5.41, 5.74) is 1.56. The third kappa shape index (κ3) is 4.24. The summed E-state index contributed by atoms with van der Waals surface area (Å²) in [4.78, 5) is 14.5. The summed E-state index contributed by atoms with van der Waals surface area (Å²) in [5, 5.41) is 13.2. The van der Waals surface area contributed by atoms with Crippen molar-refractivity contribution in [2.24, 2.45) is 0 Å². The van der Waals surface area contributed by atoms with Gasteiger partial charge in [0.25, 0.3) is 5.91 Å². The molecule has 0 bridgehead atoms. The van der Waals surface area contributed by atoms with Crippen molar-refractivity contribution in [1.29, 1.82) is 0 Å². The highest BCUT2D eigenvalue weighted by molar-refractivity contribution is 5.99. The monoisotopic (exact) mass is 318 g/mol. The fourth-order valence-electron chi connectivity index (χ4n) is 3.37. The number of ether oxygens (including phenoxy) is 1. The van der Waals surface area contributed by atoms with E-state index < -0.39 is 6.10 Å². The predicted molar refractivity (Wildman–Crippen MR) is 89.7 cm³/mol. The number of β-amino-alcohol motifs (C(OH)–C–C–N with tert-alkyl or cyclic N) is 1. The second-order valence-electron chi connectivity index (χ2n) is 6.44. The lowest BCUT2D eigenvalue weighted by atomic mass is 10.1. The molecule has 2 N–H and O–H groups in total. The van der Waals surface area contributed by atoms with Crippen molar-refractivity contribution in [1.82, 2.24) is 4.90 Å². The van der Waals surface area contributed by atoms with E-state index in [0.717, 1.165) is 57.5 Å². The molecule has 1 amide bonds. The van der Waals surface area contributed by atoms with Crippen LogP contribution in [0.3, 0.4) is 0 Å². The third-order valence-electron chi connectivity index (χ3n) is 4.65. The van der Waals surface area contributed by atoms with Crippen LogP contribution in [0.4, 0.5) is 5.69 Å². The molecule has 1 aromatic rings. The van der Waals surface area contributed by atoms with Crippen molar-refractivity contribution in [3.8, 4) is 0 Å². The van der Waals surface area contributed by atoms with Crippen LogP contribution in [0.5, 0.6) is 0 Å². The van der Waals surface area contributed by atoms with Crippen molar-refractivity contribution in [3.05, 3.63) is 29.8 Å². The Morgan fingerprint density at radius 2 is 2.17 bits per heavy atom. The number of nitrogens with one attached hydrogen (secondary N) is 1. The van der Waals surface area contributed by atoms with Crippen LogP contribution in [0.2, 0.25) is 0 Å². The fraction of sp³-hybridized carbons (Fsp3) is 0.611. The maximum atomic E-state index is 12.7. The normalized spacial score (nSPS) is 24.7. The van der Waals surface area contributed by atoms with Gasteiger partial charge in [-0.15, -0.1) is 0 Å². The third-order valence-corrected chi connectivity index (χ3v) is 4.65. The van der Waals surface area contributed by atoms with Crippen LogP contribution < -0.4 is 5.32 Å². The summed E-state index contributed by atoms with van der Waals surface area (Å²) in [6, 6.07) is 7.63. The molecule has 2 aliphatic heterocycles. The lowest BCUT2D eigenvalue weighted by Gasteiger charge is -2.30. The molecule has 0 unspecified atom stereocenters. The molecule has 0 radical (unpaired) electrons. The standard InChI is InChI=1S/C18H26N2O3/c21-14-5-3-11-20(13-14)18(22)16-7-1-2-8-17(16)19-10-9-15-6-4-12-23-15/h1-2,7-8,14-15,19,21H,3-6,9-13H2/t14-,15-/m1/s1. The molecule has 0 aromatic heterocycles. The van der Waals surface area contributed by atoms with Gasteiger partial charge in [0.05, 0.1) is 17.8 Å². The molecule has 2 atom stereocenters. The summed E-state index contributed by atoms with van der Waals surface area (Å²) < 4.78 is 5.63. The van der Waals surface area contributed by atoms with Gasteiger partial charge in [0.15, 0.2) is 0 Å². The Hall–Kier alpha value is -1.59. The molecule has 1 aromatic carbocycles. The SMILES string of the molecule is O=C(c1ccccc1NCC[C@H]1CCCO1)N1CCC[C@@H](O)C1. The van der Waals surface area contributed by atoms with Crippen LogP contribution in [0.15, 0.2) is 24.3 Å². The average molecular weight is 318 g/mol. The molecular formula is C18H26N2O3. The van der Waals surface area contributed by atoms with Gasteiger partial charge >= 0.3 is 0 Å². The number of amides is 1. The smallest absolute Gasteiger partial charge is 0.256 e. The van der Waals surface area contributed by atoms with Crippen LogP contribution in [-0.4, -0.2) is 54.4 Å². The number of carbonyl (C=O) groups excluding carboxylic acids is 1. The topological polar surface area (TPSA) is 61.8 Å². The van der Waals surface area contributed by atoms with E-state index in [2.05, 4.69) is 5.32 Å². The first kappa shape index (κ1) is 16.3. The molecular weight excluding hydrogens is 292 g/mol. The molecule has 126 valence electrons. The predicted octanol–water partition coefficient (Wildman–Crippen LogP) is 2.26. The van der Waals surface area contributed by atoms with Crippen molar-refractivity contribution >= 4 is 11.6 Å². The zero-order valence-corrected chi connectivity index (χ0v) is 13.5. The maximum Gasteiger partial charge on any atom is 0.256 e. The van der Waals surface area contributed by atoms with Crippen molar-refractivity contribution in [2.45, 2.75) is 44.3 Å². The van der Waals surface area contributed by atoms with Gasteiger partial charge in [0.1, 0.15) is 0 Å². The molecule has 5 heteroatoms. The molecule has 2 aliphatic rings. The average Bonchev–Trinajstić information content (AvgIpc) is 3.08. The Morgan fingerprint density at radius 3 is 2.96 bits per heavy atom. The molecule has 2 saturated heterocycles. The number of hydrogen-bond donors (Lipinski definition) is 2. The number of benzene rings is 1. The van der Waals surface area contributed by atoms with Gasteiger partial charge in [-0.1, -0.05) is 12.1 Å². The first-order chi connectivity index (χ1) is 11.2. The fourth-order valence-corrected chi connectivity index (χ4v) is 3.37. The Kier molecular flexibility index (Phi) is 5.51. The number of para-hydroxylation sites is 1. The van der Waals surface area contributed by atoms with E-state index >= 15 is 0 Å². The highest BCUT2D eigenvalue weighted by Crippen LogP contribution is 2.21. The van der Waals surface area contributed by atoms with E-state index in [0.29, 0.717) is 18.2 Å². The second kappa shape index (κ2) is 7.79. The van der Waals surface area contributed by atoms with Gasteiger partial charge in [0, 0.05) is 31.9 Å². The van der Waals surface area contributed by atoms with Crippen molar-refractivity contribution < 1.29 is 14.6 Å². The number of piperidine rings is 1. The number of hydrogen-bond acceptors (Lipinski definition) is 4. The summed E-state index contributed by atoms with van der Waals surface area (Å²) in [5.74, 6) is 0.00367. The van der Waals surface area contributed by atoms with Crippen LogP contribution in [0, 0.1) is 0 Å². The van der Waals surface area contributed by atoms with Crippen LogP contribution >= 0.6 is 0 Å². The zero-order chi connectivity index (χ0) is 16.1. The lowest BCUT2D eigenvalue weighted by molar-refractivity contribution is 0.0474. The van der Waals surface area contributed by atoms with Gasteiger partial charge in [-0.05, 0) is 44.2 Å². The van der Waals surface area contributed by atoms with Gasteiger partial charge in [-0.25, -0.2) is 0 Å². The number of nitrogens with zero attached hydrogens (tertiary/aromatic N) is 1. The first-order valence-corrected chi connectivity index (χ1v) is 8.66. The van der Waals surface area contributed by atoms with E-state index in [-0.39, 0.29) is 5.91 Å². The minimum Gasteiger partial charge on any atom is -0.391 e. The first-order valence-electron chi connectivity index (χ1n) is 8.66. The Bertz CT molecular complexity index is 529. The van der Waals surface area contributed by atoms with Crippen molar-refractivity contribution in [3.63, 3.8) is 0 Å². The minimum atomic E-state index is -0.396. The quantitative estimate of drug-likeness (QED) is 0.874. The van der Waals surface area contributed by atoms with E-state index in [4.69, 9.17) is 4.74 Å². The van der Waals surface area contributed by atoms with E-state index in [9.17, 15) is 9.90 Å². The van der Waals surface area contributed by atoms with Gasteiger partial charge in [0.2, 0.25) is 0 Å². The van der Waals surface area contributed by atoms with E-state index in [1.165, 1.54) is 0 Å². The number of likely N-dealkylation sites (tertiary alicyclic amines) is 1. The molecule has 2 heterocycles. The number of aliphatic hydroxyl groups is 1. The largest absolute Gasteiger partial charge is 0.391 e. The number of rotatable bonds is 5. The Labute approximate surface area is 137 Å². The van der Waals surface area contributed by atoms with E-state index in [1.807, 2.05) is 24.3 Å². The van der Waals surface area contributed by atoms with Gasteiger partial charge in [-0.3, -0.25) is 4.79 Å². The summed E-state index contributed by atoms with van der Waals surface area (Å²) in [6.07, 6.45) is 4.85. The highest BCUT2D eigenvalue weighted by Gasteiger charge is 2.24. The van der Waals surface area contributed by atoms with Crippen LogP contribution in [0.25, 0.3) is 0 Å². The van der Waals surface area contributed by atoms with Crippen LogP contribution in [0.1, 0.15) is 42.5 Å². The molecule has 23 heavy (non-hydrogen) atoms. The molecule has 3 rings (SSSR count). The summed E-state index contributed by atoms with van der Waals surface area (Å²) in [7, 11) is 0. The molecule has 5 nitrogen and oxygen atoms in total.